The van der Waals surface area contributed by atoms with Gasteiger partial charge in [0.15, 0.2) is 0 Å². The van der Waals surface area contributed by atoms with Crippen molar-refractivity contribution < 1.29 is 0 Å². The number of anilines is 2. The average molecular weight is 369 g/mol. The molecule has 2 heterocycles. The lowest BCUT2D eigenvalue weighted by Crippen LogP contribution is -2.08. The Morgan fingerprint density at radius 2 is 2.04 bits per heavy atom. The fourth-order valence-electron chi connectivity index (χ4n) is 3.95. The predicted molar refractivity (Wildman–Crippen MR) is 113 cm³/mol. The third-order valence-corrected chi connectivity index (χ3v) is 5.52. The number of nitrogens with one attached hydrogen (secondary N) is 2. The van der Waals surface area contributed by atoms with Gasteiger partial charge in [-0.15, -0.1) is 0 Å². The van der Waals surface area contributed by atoms with Crippen LogP contribution in [0.5, 0.6) is 0 Å². The van der Waals surface area contributed by atoms with Gasteiger partial charge in [-0.2, -0.15) is 0 Å². The number of aromatic nitrogens is 3. The number of fused-ring (bicyclic) bond motifs is 2. The van der Waals surface area contributed by atoms with E-state index in [1.807, 2.05) is 24.0 Å². The predicted octanol–water partition coefficient (Wildman–Crippen LogP) is 4.68. The molecule has 4 aromatic rings. The van der Waals surface area contributed by atoms with Crippen molar-refractivity contribution in [2.45, 2.75) is 25.4 Å². The highest BCUT2D eigenvalue weighted by molar-refractivity contribution is 5.83. The third-order valence-electron chi connectivity index (χ3n) is 5.52. The van der Waals surface area contributed by atoms with Crippen LogP contribution in [0.1, 0.15) is 29.4 Å². The molecule has 0 bridgehead atoms. The van der Waals surface area contributed by atoms with Crippen molar-refractivity contribution in [1.29, 1.82) is 0 Å². The molecule has 5 heteroatoms. The molecule has 0 saturated carbocycles. The Hall–Kier alpha value is -3.34. The fourth-order valence-corrected chi connectivity index (χ4v) is 3.95. The zero-order valence-corrected chi connectivity index (χ0v) is 15.9. The molecule has 0 fully saturated rings. The molecule has 2 N–H and O–H groups in total. The first-order valence-electron chi connectivity index (χ1n) is 9.71. The van der Waals surface area contributed by atoms with Crippen molar-refractivity contribution in [2.75, 3.05) is 10.6 Å². The van der Waals surface area contributed by atoms with Crippen LogP contribution < -0.4 is 10.6 Å². The first-order chi connectivity index (χ1) is 13.8. The topological polar surface area (TPSA) is 54.8 Å². The van der Waals surface area contributed by atoms with Crippen LogP contribution in [0.3, 0.4) is 0 Å². The van der Waals surface area contributed by atoms with Crippen LogP contribution in [-0.4, -0.2) is 14.5 Å². The van der Waals surface area contributed by atoms with Crippen molar-refractivity contribution in [3.8, 4) is 0 Å². The average Bonchev–Trinajstić information content (AvgIpc) is 3.32. The maximum Gasteiger partial charge on any atom is 0.127 e. The Kier molecular flexibility index (Phi) is 4.20. The van der Waals surface area contributed by atoms with E-state index >= 15 is 0 Å². The van der Waals surface area contributed by atoms with Crippen LogP contribution in [0.15, 0.2) is 67.0 Å². The van der Waals surface area contributed by atoms with E-state index in [-0.39, 0.29) is 0 Å². The highest BCUT2D eigenvalue weighted by atomic mass is 15.1. The molecular formula is C23H23N5. The summed E-state index contributed by atoms with van der Waals surface area (Å²) in [6.45, 7) is 0.698. The van der Waals surface area contributed by atoms with Crippen LogP contribution in [0, 0.1) is 0 Å². The number of nitrogens with zero attached hydrogens (tertiary/aromatic N) is 3. The van der Waals surface area contributed by atoms with E-state index in [0.717, 1.165) is 41.1 Å². The Morgan fingerprint density at radius 1 is 1.11 bits per heavy atom. The first-order valence-corrected chi connectivity index (χ1v) is 9.71. The van der Waals surface area contributed by atoms with Gasteiger partial charge in [0.25, 0.3) is 0 Å². The summed E-state index contributed by atoms with van der Waals surface area (Å²) in [5, 5.41) is 8.18. The van der Waals surface area contributed by atoms with Crippen LogP contribution in [0.2, 0.25) is 0 Å². The maximum atomic E-state index is 4.82. The molecule has 28 heavy (non-hydrogen) atoms. The standard InChI is InChI=1S/C23H23N5/c1-28-13-12-24-23(28)15-25-18-8-10-20-17(14-18)7-11-22(26-20)27-21-9-6-16-4-2-3-5-19(16)21/h2-5,7-8,10-14,21,25H,6,9,15H2,1H3,(H,26,27)/t21-/m1/s1. The molecule has 0 spiro atoms. The minimum Gasteiger partial charge on any atom is -0.378 e. The summed E-state index contributed by atoms with van der Waals surface area (Å²) in [5.74, 6) is 1.94. The van der Waals surface area contributed by atoms with E-state index in [0.29, 0.717) is 12.6 Å². The summed E-state index contributed by atoms with van der Waals surface area (Å²) in [4.78, 5) is 9.17. The molecule has 2 aromatic heterocycles. The van der Waals surface area contributed by atoms with E-state index in [9.17, 15) is 0 Å². The van der Waals surface area contributed by atoms with Gasteiger partial charge in [-0.05, 0) is 54.3 Å². The first kappa shape index (κ1) is 16.8. The molecule has 0 saturated heterocycles. The summed E-state index contributed by atoms with van der Waals surface area (Å²) in [7, 11) is 2.01. The Labute approximate surface area is 164 Å². The molecule has 0 amide bonds. The number of rotatable bonds is 5. The fraction of sp³-hybridized carbons (Fsp3) is 0.217. The van der Waals surface area contributed by atoms with Crippen molar-refractivity contribution in [3.63, 3.8) is 0 Å². The zero-order chi connectivity index (χ0) is 18.9. The van der Waals surface area contributed by atoms with Crippen LogP contribution >= 0.6 is 0 Å². The van der Waals surface area contributed by atoms with Crippen LogP contribution in [0.25, 0.3) is 10.9 Å². The lowest BCUT2D eigenvalue weighted by Gasteiger charge is -2.15. The summed E-state index contributed by atoms with van der Waals surface area (Å²) in [6.07, 6.45) is 6.03. The second-order valence-corrected chi connectivity index (χ2v) is 7.35. The lowest BCUT2D eigenvalue weighted by atomic mass is 10.1. The van der Waals surface area contributed by atoms with Gasteiger partial charge >= 0.3 is 0 Å². The van der Waals surface area contributed by atoms with Crippen molar-refractivity contribution >= 4 is 22.4 Å². The number of hydrogen-bond acceptors (Lipinski definition) is 4. The van der Waals surface area contributed by atoms with Gasteiger partial charge in [-0.3, -0.25) is 0 Å². The molecule has 0 aliphatic heterocycles. The number of benzene rings is 2. The normalized spacial score (nSPS) is 15.5. The SMILES string of the molecule is Cn1ccnc1CNc1ccc2nc(N[C@@H]3CCc4ccccc43)ccc2c1. The highest BCUT2D eigenvalue weighted by Gasteiger charge is 2.21. The summed E-state index contributed by atoms with van der Waals surface area (Å²) >= 11 is 0. The molecule has 1 aliphatic carbocycles. The molecule has 5 rings (SSSR count). The lowest BCUT2D eigenvalue weighted by molar-refractivity contribution is 0.758. The van der Waals surface area contributed by atoms with Crippen molar-refractivity contribution in [1.82, 2.24) is 14.5 Å². The Morgan fingerprint density at radius 3 is 2.93 bits per heavy atom. The van der Waals surface area contributed by atoms with E-state index in [4.69, 9.17) is 4.98 Å². The molecule has 1 aliphatic rings. The van der Waals surface area contributed by atoms with Crippen molar-refractivity contribution in [3.05, 3.63) is 83.9 Å². The van der Waals surface area contributed by atoms with E-state index in [1.165, 1.54) is 11.1 Å². The van der Waals surface area contributed by atoms with E-state index in [2.05, 4.69) is 70.2 Å². The highest BCUT2D eigenvalue weighted by Crippen LogP contribution is 2.33. The summed E-state index contributed by atoms with van der Waals surface area (Å²) in [6, 6.07) is 19.5. The monoisotopic (exact) mass is 369 g/mol. The van der Waals surface area contributed by atoms with Crippen LogP contribution in [0.4, 0.5) is 11.5 Å². The molecule has 0 unspecified atom stereocenters. The van der Waals surface area contributed by atoms with Gasteiger partial charge in [0.1, 0.15) is 11.6 Å². The van der Waals surface area contributed by atoms with Gasteiger partial charge in [-0.1, -0.05) is 24.3 Å². The zero-order valence-electron chi connectivity index (χ0n) is 15.9. The van der Waals surface area contributed by atoms with Gasteiger partial charge < -0.3 is 15.2 Å². The number of pyridine rings is 1. The largest absolute Gasteiger partial charge is 0.378 e. The Balaban J connectivity index is 1.32. The summed E-state index contributed by atoms with van der Waals surface area (Å²) in [5.41, 5.74) is 4.92. The third kappa shape index (κ3) is 3.20. The maximum absolute atomic E-state index is 4.82. The summed E-state index contributed by atoms with van der Waals surface area (Å²) < 4.78 is 2.02. The van der Waals surface area contributed by atoms with Crippen molar-refractivity contribution in [2.24, 2.45) is 7.05 Å². The number of imidazole rings is 1. The smallest absolute Gasteiger partial charge is 0.127 e. The van der Waals surface area contributed by atoms with Gasteiger partial charge in [0.05, 0.1) is 18.1 Å². The van der Waals surface area contributed by atoms with Gasteiger partial charge in [-0.25, -0.2) is 9.97 Å². The molecule has 2 aromatic carbocycles. The van der Waals surface area contributed by atoms with Crippen LogP contribution in [-0.2, 0) is 20.0 Å². The minimum absolute atomic E-state index is 0.347. The molecule has 0 radical (unpaired) electrons. The molecular weight excluding hydrogens is 346 g/mol. The second kappa shape index (κ2) is 7.00. The van der Waals surface area contributed by atoms with E-state index < -0.39 is 0 Å². The quantitative estimate of drug-likeness (QED) is 0.536. The van der Waals surface area contributed by atoms with Gasteiger partial charge in [0, 0.05) is 30.5 Å². The number of hydrogen-bond donors (Lipinski definition) is 2. The van der Waals surface area contributed by atoms with E-state index in [1.54, 1.807) is 0 Å². The molecule has 140 valence electrons. The molecule has 1 atom stereocenters. The minimum atomic E-state index is 0.347. The van der Waals surface area contributed by atoms with Gasteiger partial charge in [0.2, 0.25) is 0 Å². The molecule has 5 nitrogen and oxygen atoms in total. The number of aryl methyl sites for hydroxylation is 2. The second-order valence-electron chi connectivity index (χ2n) is 7.35. The Bertz CT molecular complexity index is 1130.